The maximum absolute atomic E-state index is 13.7. The molecule has 3 aromatic rings. The number of carbonyl (C=O) groups is 1. The third kappa shape index (κ3) is 4.09. The smallest absolute Gasteiger partial charge is 0.308 e. The number of anilines is 1. The fourth-order valence-corrected chi connectivity index (χ4v) is 4.55. The molecule has 0 aromatic carbocycles. The Hall–Kier alpha value is -2.94. The number of aliphatic carboxylic acids is 1. The van der Waals surface area contributed by atoms with Gasteiger partial charge in [-0.2, -0.15) is 0 Å². The van der Waals surface area contributed by atoms with Gasteiger partial charge in [0.25, 0.3) is 0 Å². The Morgan fingerprint density at radius 1 is 1.34 bits per heavy atom. The van der Waals surface area contributed by atoms with Gasteiger partial charge in [-0.1, -0.05) is 6.07 Å². The van der Waals surface area contributed by atoms with E-state index in [0.29, 0.717) is 40.8 Å². The first-order chi connectivity index (χ1) is 13.9. The van der Waals surface area contributed by atoms with Crippen molar-refractivity contribution in [2.24, 2.45) is 0 Å². The van der Waals surface area contributed by atoms with Crippen LogP contribution in [-0.2, 0) is 16.6 Å². The summed E-state index contributed by atoms with van der Waals surface area (Å²) in [7, 11) is 0. The number of pyridine rings is 1. The third-order valence-electron chi connectivity index (χ3n) is 5.11. The second-order valence-electron chi connectivity index (χ2n) is 7.32. The van der Waals surface area contributed by atoms with Gasteiger partial charge in [0, 0.05) is 34.9 Å². The summed E-state index contributed by atoms with van der Waals surface area (Å²) in [6, 6.07) is 7.58. The number of rotatable bonds is 7. The molecule has 0 atom stereocenters. The Balaban J connectivity index is 1.48. The molecule has 0 saturated heterocycles. The topological polar surface area (TPSA) is 101 Å². The Bertz CT molecular complexity index is 1020. The third-order valence-corrected chi connectivity index (χ3v) is 6.11. The molecule has 0 bridgehead atoms. The maximum atomic E-state index is 13.7. The van der Waals surface area contributed by atoms with Crippen LogP contribution in [0.4, 0.5) is 10.2 Å². The summed E-state index contributed by atoms with van der Waals surface area (Å²) in [5, 5.41) is 21.3. The summed E-state index contributed by atoms with van der Waals surface area (Å²) in [6.45, 7) is 2.43. The largest absolute Gasteiger partial charge is 0.481 e. The van der Waals surface area contributed by atoms with E-state index >= 15 is 0 Å². The second kappa shape index (κ2) is 7.82. The van der Waals surface area contributed by atoms with Crippen molar-refractivity contribution in [1.29, 1.82) is 0 Å². The van der Waals surface area contributed by atoms with Crippen molar-refractivity contribution in [1.82, 2.24) is 20.2 Å². The summed E-state index contributed by atoms with van der Waals surface area (Å²) in [4.78, 5) is 20.2. The zero-order chi connectivity index (χ0) is 20.4. The molecule has 3 aromatic heterocycles. The van der Waals surface area contributed by atoms with E-state index in [1.165, 1.54) is 11.3 Å². The molecule has 0 radical (unpaired) electrons. The maximum Gasteiger partial charge on any atom is 0.308 e. The summed E-state index contributed by atoms with van der Waals surface area (Å²) in [5.74, 6) is -0.290. The SMILES string of the molecule is Cc1cc(NCC2(c3ccccn3)CC(F)C2)nnc1-c1ncc(CC(=O)O)s1. The van der Waals surface area contributed by atoms with Gasteiger partial charge in [-0.05, 0) is 43.5 Å². The van der Waals surface area contributed by atoms with Gasteiger partial charge in [0.05, 0.1) is 6.42 Å². The van der Waals surface area contributed by atoms with Crippen molar-refractivity contribution >= 4 is 23.1 Å². The predicted molar refractivity (Wildman–Crippen MR) is 108 cm³/mol. The van der Waals surface area contributed by atoms with Gasteiger partial charge in [-0.25, -0.2) is 9.37 Å². The number of halogens is 1. The number of nitrogens with one attached hydrogen (secondary N) is 1. The normalized spacial score (nSPS) is 20.8. The highest BCUT2D eigenvalue weighted by Gasteiger charge is 2.47. The average molecular weight is 413 g/mol. The van der Waals surface area contributed by atoms with Gasteiger partial charge in [-0.15, -0.1) is 21.5 Å². The molecule has 0 amide bonds. The number of alkyl halides is 1. The molecule has 1 saturated carbocycles. The van der Waals surface area contributed by atoms with E-state index in [4.69, 9.17) is 5.11 Å². The highest BCUT2D eigenvalue weighted by Crippen LogP contribution is 2.44. The van der Waals surface area contributed by atoms with E-state index < -0.39 is 12.1 Å². The van der Waals surface area contributed by atoms with E-state index in [1.807, 2.05) is 31.2 Å². The molecule has 0 spiro atoms. The number of hydrogen-bond acceptors (Lipinski definition) is 7. The van der Waals surface area contributed by atoms with Crippen molar-refractivity contribution in [3.8, 4) is 10.7 Å². The lowest BCUT2D eigenvalue weighted by atomic mass is 9.65. The molecule has 9 heteroatoms. The monoisotopic (exact) mass is 413 g/mol. The Kier molecular flexibility index (Phi) is 5.23. The molecule has 1 aliphatic carbocycles. The predicted octanol–water partition coefficient (Wildman–Crippen LogP) is 3.41. The van der Waals surface area contributed by atoms with Crippen LogP contribution in [0.1, 0.15) is 29.0 Å². The number of aromatic nitrogens is 4. The Labute approximate surface area is 171 Å². The Morgan fingerprint density at radius 2 is 2.17 bits per heavy atom. The van der Waals surface area contributed by atoms with Gasteiger partial charge in [0.2, 0.25) is 0 Å². The summed E-state index contributed by atoms with van der Waals surface area (Å²) >= 11 is 1.30. The minimum absolute atomic E-state index is 0.0606. The number of hydrogen-bond donors (Lipinski definition) is 2. The van der Waals surface area contributed by atoms with Gasteiger partial charge in [-0.3, -0.25) is 9.78 Å². The number of nitrogens with zero attached hydrogens (tertiary/aromatic N) is 4. The van der Waals surface area contributed by atoms with Crippen LogP contribution < -0.4 is 5.32 Å². The van der Waals surface area contributed by atoms with Gasteiger partial charge in [0.1, 0.15) is 22.7 Å². The van der Waals surface area contributed by atoms with Crippen LogP contribution in [0.2, 0.25) is 0 Å². The lowest BCUT2D eigenvalue weighted by molar-refractivity contribution is -0.136. The first kappa shape index (κ1) is 19.4. The van der Waals surface area contributed by atoms with Crippen molar-refractivity contribution in [3.63, 3.8) is 0 Å². The first-order valence-corrected chi connectivity index (χ1v) is 10.1. The first-order valence-electron chi connectivity index (χ1n) is 9.26. The number of carboxylic acids is 1. The van der Waals surface area contributed by atoms with Crippen LogP contribution >= 0.6 is 11.3 Å². The molecule has 0 aliphatic heterocycles. The highest BCUT2D eigenvalue weighted by molar-refractivity contribution is 7.15. The van der Waals surface area contributed by atoms with E-state index in [-0.39, 0.29) is 11.8 Å². The molecular weight excluding hydrogens is 393 g/mol. The fraction of sp³-hybridized carbons (Fsp3) is 0.350. The molecule has 1 fully saturated rings. The van der Waals surface area contributed by atoms with Crippen LogP contribution in [0.5, 0.6) is 0 Å². The standard InChI is InChI=1S/C20H20FN5O2S/c1-12-6-16(25-26-18(12)19-23-10-14(29-19)7-17(27)28)24-11-20(8-13(21)9-20)15-4-2-3-5-22-15/h2-6,10,13H,7-9,11H2,1H3,(H,24,25)(H,27,28). The molecule has 7 nitrogen and oxygen atoms in total. The van der Waals surface area contributed by atoms with Gasteiger partial charge < -0.3 is 10.4 Å². The zero-order valence-corrected chi connectivity index (χ0v) is 16.6. The molecule has 29 heavy (non-hydrogen) atoms. The molecular formula is C20H20FN5O2S. The fourth-order valence-electron chi connectivity index (χ4n) is 3.60. The van der Waals surface area contributed by atoms with Crippen LogP contribution in [0, 0.1) is 6.92 Å². The second-order valence-corrected chi connectivity index (χ2v) is 8.43. The number of thiazole rings is 1. The minimum Gasteiger partial charge on any atom is -0.481 e. The van der Waals surface area contributed by atoms with Crippen molar-refractivity contribution < 1.29 is 14.3 Å². The molecule has 4 rings (SSSR count). The molecule has 150 valence electrons. The minimum atomic E-state index is -0.893. The molecule has 3 heterocycles. The highest BCUT2D eigenvalue weighted by atomic mass is 32.1. The average Bonchev–Trinajstić information content (AvgIpc) is 3.12. The quantitative estimate of drug-likeness (QED) is 0.612. The van der Waals surface area contributed by atoms with Gasteiger partial charge in [0.15, 0.2) is 0 Å². The van der Waals surface area contributed by atoms with Gasteiger partial charge >= 0.3 is 5.97 Å². The van der Waals surface area contributed by atoms with Crippen LogP contribution in [0.3, 0.4) is 0 Å². The zero-order valence-electron chi connectivity index (χ0n) is 15.8. The number of aryl methyl sites for hydroxylation is 1. The van der Waals surface area contributed by atoms with Crippen LogP contribution in [-0.4, -0.2) is 44.0 Å². The van der Waals surface area contributed by atoms with E-state index in [9.17, 15) is 9.18 Å². The van der Waals surface area contributed by atoms with Crippen molar-refractivity contribution in [2.45, 2.75) is 37.8 Å². The van der Waals surface area contributed by atoms with E-state index in [2.05, 4.69) is 25.5 Å². The Morgan fingerprint density at radius 3 is 2.83 bits per heavy atom. The molecule has 1 aliphatic rings. The van der Waals surface area contributed by atoms with E-state index in [0.717, 1.165) is 11.3 Å². The number of carboxylic acid groups (broad SMARTS) is 1. The van der Waals surface area contributed by atoms with Crippen LogP contribution in [0.15, 0.2) is 36.7 Å². The summed E-state index contributed by atoms with van der Waals surface area (Å²) in [5.41, 5.74) is 2.05. The summed E-state index contributed by atoms with van der Waals surface area (Å²) < 4.78 is 13.7. The van der Waals surface area contributed by atoms with Crippen LogP contribution in [0.25, 0.3) is 10.7 Å². The van der Waals surface area contributed by atoms with Crippen molar-refractivity contribution in [2.75, 3.05) is 11.9 Å². The lowest BCUT2D eigenvalue weighted by Gasteiger charge is -2.44. The lowest BCUT2D eigenvalue weighted by Crippen LogP contribution is -2.48. The van der Waals surface area contributed by atoms with E-state index in [1.54, 1.807) is 12.4 Å². The summed E-state index contributed by atoms with van der Waals surface area (Å²) in [6.07, 6.45) is 3.30. The molecule has 0 unspecified atom stereocenters. The molecule has 2 N–H and O–H groups in total. The van der Waals surface area contributed by atoms with Crippen molar-refractivity contribution in [3.05, 3.63) is 52.8 Å².